The van der Waals surface area contributed by atoms with Gasteiger partial charge in [0.2, 0.25) is 15.9 Å². The predicted octanol–water partition coefficient (Wildman–Crippen LogP) is -0.789. The lowest BCUT2D eigenvalue weighted by atomic mass is 10.2. The van der Waals surface area contributed by atoms with Gasteiger partial charge in [-0.1, -0.05) is 0 Å². The summed E-state index contributed by atoms with van der Waals surface area (Å²) in [6.45, 7) is -0.00902. The highest BCUT2D eigenvalue weighted by molar-refractivity contribution is 7.89. The lowest BCUT2D eigenvalue weighted by molar-refractivity contribution is -0.122. The first-order chi connectivity index (χ1) is 9.32. The van der Waals surface area contributed by atoms with E-state index in [1.165, 1.54) is 0 Å². The molecule has 1 aliphatic rings. The van der Waals surface area contributed by atoms with Gasteiger partial charge in [-0.2, -0.15) is 4.31 Å². The molecule has 1 fully saturated rings. The fraction of sp³-hybridized carbons (Fsp3) is 0.273. The molecule has 0 aromatic heterocycles. The van der Waals surface area contributed by atoms with Crippen LogP contribution < -0.4 is 5.32 Å². The van der Waals surface area contributed by atoms with Crippen molar-refractivity contribution in [3.63, 3.8) is 0 Å². The van der Waals surface area contributed by atoms with Crippen LogP contribution in [0.15, 0.2) is 23.1 Å². The summed E-state index contributed by atoms with van der Waals surface area (Å²) >= 11 is 0. The summed E-state index contributed by atoms with van der Waals surface area (Å²) in [5.74, 6) is -2.37. The first-order valence-corrected chi connectivity index (χ1v) is 7.09. The second-order valence-corrected chi connectivity index (χ2v) is 6.11. The largest absolute Gasteiger partial charge is 0.507 e. The molecule has 0 unspecified atom stereocenters. The number of aromatic hydroxyl groups is 1. The summed E-state index contributed by atoms with van der Waals surface area (Å²) in [6, 6.07) is 2.98. The number of carboxylic acids is 1. The van der Waals surface area contributed by atoms with E-state index in [2.05, 4.69) is 5.32 Å². The van der Waals surface area contributed by atoms with Crippen molar-refractivity contribution in [2.45, 2.75) is 4.90 Å². The van der Waals surface area contributed by atoms with E-state index in [0.717, 1.165) is 22.5 Å². The minimum absolute atomic E-state index is 0.108. The maximum absolute atomic E-state index is 12.3. The maximum atomic E-state index is 12.3. The van der Waals surface area contributed by atoms with Gasteiger partial charge in [-0.25, -0.2) is 13.2 Å². The fourth-order valence-electron chi connectivity index (χ4n) is 1.82. The molecule has 8 nitrogen and oxygen atoms in total. The highest BCUT2D eigenvalue weighted by Crippen LogP contribution is 2.23. The van der Waals surface area contributed by atoms with Gasteiger partial charge in [0.05, 0.1) is 11.4 Å². The SMILES string of the molecule is O=C1CN(S(=O)(=O)c2ccc(O)c(C(=O)O)c2)CCN1. The summed E-state index contributed by atoms with van der Waals surface area (Å²) in [6.07, 6.45) is 0. The van der Waals surface area contributed by atoms with E-state index >= 15 is 0 Å². The lowest BCUT2D eigenvalue weighted by Crippen LogP contribution is -2.49. The second kappa shape index (κ2) is 5.10. The van der Waals surface area contributed by atoms with Crippen molar-refractivity contribution >= 4 is 21.9 Å². The Labute approximate surface area is 114 Å². The summed E-state index contributed by atoms with van der Waals surface area (Å²) in [5, 5.41) is 20.7. The molecule has 1 amide bonds. The Morgan fingerprint density at radius 2 is 2.05 bits per heavy atom. The zero-order valence-electron chi connectivity index (χ0n) is 10.2. The van der Waals surface area contributed by atoms with E-state index < -0.39 is 33.2 Å². The van der Waals surface area contributed by atoms with Gasteiger partial charge in [0.15, 0.2) is 0 Å². The van der Waals surface area contributed by atoms with Crippen LogP contribution in [0.25, 0.3) is 0 Å². The van der Waals surface area contributed by atoms with Crippen molar-refractivity contribution in [1.29, 1.82) is 0 Å². The predicted molar refractivity (Wildman–Crippen MR) is 66.8 cm³/mol. The van der Waals surface area contributed by atoms with Crippen molar-refractivity contribution in [2.24, 2.45) is 0 Å². The number of benzene rings is 1. The Bertz CT molecular complexity index is 669. The van der Waals surface area contributed by atoms with Crippen molar-refractivity contribution in [2.75, 3.05) is 19.6 Å². The number of nitrogens with zero attached hydrogens (tertiary/aromatic N) is 1. The van der Waals surface area contributed by atoms with Gasteiger partial charge in [0.25, 0.3) is 0 Å². The molecule has 0 radical (unpaired) electrons. The number of hydrogen-bond acceptors (Lipinski definition) is 5. The molecule has 1 aromatic carbocycles. The molecule has 2 rings (SSSR count). The molecule has 0 bridgehead atoms. The van der Waals surface area contributed by atoms with Crippen LogP contribution in [-0.4, -0.2) is 54.4 Å². The van der Waals surface area contributed by atoms with Gasteiger partial charge in [-0.15, -0.1) is 0 Å². The van der Waals surface area contributed by atoms with Crippen molar-refractivity contribution in [3.05, 3.63) is 23.8 Å². The zero-order valence-corrected chi connectivity index (χ0v) is 11.1. The molecule has 1 saturated heterocycles. The highest BCUT2D eigenvalue weighted by Gasteiger charge is 2.30. The smallest absolute Gasteiger partial charge is 0.339 e. The van der Waals surface area contributed by atoms with Crippen molar-refractivity contribution in [1.82, 2.24) is 9.62 Å². The third kappa shape index (κ3) is 2.58. The molecule has 1 heterocycles. The molecule has 0 atom stereocenters. The first kappa shape index (κ1) is 14.3. The number of carboxylic acid groups (broad SMARTS) is 1. The minimum Gasteiger partial charge on any atom is -0.507 e. The summed E-state index contributed by atoms with van der Waals surface area (Å²) in [7, 11) is -3.97. The van der Waals surface area contributed by atoms with Crippen LogP contribution in [0.4, 0.5) is 0 Å². The molecule has 0 spiro atoms. The van der Waals surface area contributed by atoms with Crippen LogP contribution >= 0.6 is 0 Å². The lowest BCUT2D eigenvalue weighted by Gasteiger charge is -2.26. The number of aromatic carboxylic acids is 1. The summed E-state index contributed by atoms with van der Waals surface area (Å²) < 4.78 is 25.5. The Morgan fingerprint density at radius 1 is 1.35 bits per heavy atom. The van der Waals surface area contributed by atoms with Crippen LogP contribution in [-0.2, 0) is 14.8 Å². The van der Waals surface area contributed by atoms with Crippen LogP contribution in [0.1, 0.15) is 10.4 Å². The standard InChI is InChI=1S/C11H12N2O6S/c14-9-2-1-7(5-8(9)11(16)17)20(18,19)13-4-3-12-10(15)6-13/h1-2,5,14H,3-4,6H2,(H,12,15)(H,16,17). The average molecular weight is 300 g/mol. The van der Waals surface area contributed by atoms with E-state index in [9.17, 15) is 23.1 Å². The van der Waals surface area contributed by atoms with Gasteiger partial charge in [-0.3, -0.25) is 4.79 Å². The van der Waals surface area contributed by atoms with E-state index in [4.69, 9.17) is 5.11 Å². The molecule has 1 aromatic rings. The molecule has 108 valence electrons. The quantitative estimate of drug-likeness (QED) is 0.672. The van der Waals surface area contributed by atoms with Crippen LogP contribution in [0.2, 0.25) is 0 Å². The van der Waals surface area contributed by atoms with Crippen molar-refractivity contribution < 1.29 is 28.2 Å². The number of amides is 1. The number of rotatable bonds is 3. The maximum Gasteiger partial charge on any atom is 0.339 e. The topological polar surface area (TPSA) is 124 Å². The Hall–Kier alpha value is -2.13. The van der Waals surface area contributed by atoms with Gasteiger partial charge >= 0.3 is 5.97 Å². The first-order valence-electron chi connectivity index (χ1n) is 5.65. The van der Waals surface area contributed by atoms with E-state index in [1.807, 2.05) is 0 Å². The number of piperazine rings is 1. The number of sulfonamides is 1. The van der Waals surface area contributed by atoms with Gasteiger partial charge in [0, 0.05) is 13.1 Å². The van der Waals surface area contributed by atoms with Crippen LogP contribution in [0, 0.1) is 0 Å². The van der Waals surface area contributed by atoms with Crippen molar-refractivity contribution in [3.8, 4) is 5.75 Å². The molecule has 0 saturated carbocycles. The monoisotopic (exact) mass is 300 g/mol. The van der Waals surface area contributed by atoms with Gasteiger partial charge in [0.1, 0.15) is 11.3 Å². The van der Waals surface area contributed by atoms with E-state index in [-0.39, 0.29) is 24.5 Å². The highest BCUT2D eigenvalue weighted by atomic mass is 32.2. The fourth-order valence-corrected chi connectivity index (χ4v) is 3.24. The molecule has 3 N–H and O–H groups in total. The molecule has 9 heteroatoms. The van der Waals surface area contributed by atoms with Crippen LogP contribution in [0.5, 0.6) is 5.75 Å². The molecular formula is C11H12N2O6S. The zero-order chi connectivity index (χ0) is 14.9. The molecule has 20 heavy (non-hydrogen) atoms. The minimum atomic E-state index is -3.97. The second-order valence-electron chi connectivity index (χ2n) is 4.17. The van der Waals surface area contributed by atoms with Crippen LogP contribution in [0.3, 0.4) is 0 Å². The van der Waals surface area contributed by atoms with E-state index in [0.29, 0.717) is 0 Å². The number of hydrogen-bond donors (Lipinski definition) is 3. The molecule has 0 aliphatic carbocycles. The van der Waals surface area contributed by atoms with E-state index in [1.54, 1.807) is 0 Å². The normalized spacial score (nSPS) is 16.7. The Balaban J connectivity index is 2.41. The average Bonchev–Trinajstić information content (AvgIpc) is 2.38. The third-order valence-electron chi connectivity index (χ3n) is 2.84. The third-order valence-corrected chi connectivity index (χ3v) is 4.68. The number of phenols is 1. The number of carbonyl (C=O) groups excluding carboxylic acids is 1. The summed E-state index contributed by atoms with van der Waals surface area (Å²) in [4.78, 5) is 21.9. The molecule has 1 aliphatic heterocycles. The summed E-state index contributed by atoms with van der Waals surface area (Å²) in [5.41, 5.74) is -0.507. The number of nitrogens with one attached hydrogen (secondary N) is 1. The number of carbonyl (C=O) groups is 2. The Morgan fingerprint density at radius 3 is 2.65 bits per heavy atom. The Kier molecular flexibility index (Phi) is 3.64. The molecular weight excluding hydrogens is 288 g/mol. The van der Waals surface area contributed by atoms with Gasteiger partial charge in [-0.05, 0) is 18.2 Å². The van der Waals surface area contributed by atoms with Gasteiger partial charge < -0.3 is 15.5 Å².